The molecule has 1 aromatic carbocycles. The van der Waals surface area contributed by atoms with Gasteiger partial charge in [0.05, 0.1) is 12.1 Å². The minimum atomic E-state index is -0.0105. The van der Waals surface area contributed by atoms with Crippen molar-refractivity contribution in [1.29, 1.82) is 0 Å². The average molecular weight is 327 g/mol. The summed E-state index contributed by atoms with van der Waals surface area (Å²) in [5, 5.41) is 6.31. The van der Waals surface area contributed by atoms with Crippen molar-refractivity contribution in [2.24, 2.45) is 11.8 Å². The maximum atomic E-state index is 12.3. The molecule has 1 aromatic rings. The molecule has 124 valence electrons. The van der Waals surface area contributed by atoms with Crippen LogP contribution in [0.4, 0.5) is 0 Å². The molecule has 4 nitrogen and oxygen atoms in total. The Bertz CT molecular complexity index is 489. The molecule has 0 saturated carbocycles. The molecular weight excluding hydrogens is 300 g/mol. The summed E-state index contributed by atoms with van der Waals surface area (Å²) < 4.78 is 5.70. The van der Waals surface area contributed by atoms with Crippen LogP contribution in [0.2, 0.25) is 0 Å². The smallest absolute Gasteiger partial charge is 0.223 e. The lowest BCUT2D eigenvalue weighted by molar-refractivity contribution is -0.127. The third-order valence-electron chi connectivity index (χ3n) is 4.02. The molecule has 1 saturated heterocycles. The van der Waals surface area contributed by atoms with E-state index < -0.39 is 0 Å². The Morgan fingerprint density at radius 2 is 1.95 bits per heavy atom. The predicted octanol–water partition coefficient (Wildman–Crippen LogP) is 2.93. The standard InChI is InChI=1S/C17H26N2O2.ClH/c1-11(2)21-16-7-5-6-14(8-16)13(4)19-17(20)12(3)15-9-18-10-15;/h5-8,11-13,15,18H,9-10H2,1-4H3,(H,19,20);1H. The zero-order valence-corrected chi connectivity index (χ0v) is 14.6. The molecule has 0 aromatic heterocycles. The molecule has 1 aliphatic heterocycles. The summed E-state index contributed by atoms with van der Waals surface area (Å²) in [4.78, 5) is 12.3. The maximum Gasteiger partial charge on any atom is 0.223 e. The van der Waals surface area contributed by atoms with Crippen molar-refractivity contribution in [3.63, 3.8) is 0 Å². The third kappa shape index (κ3) is 4.89. The van der Waals surface area contributed by atoms with Crippen molar-refractivity contribution >= 4 is 18.3 Å². The summed E-state index contributed by atoms with van der Waals surface area (Å²) >= 11 is 0. The van der Waals surface area contributed by atoms with E-state index in [9.17, 15) is 4.79 Å². The molecule has 2 N–H and O–H groups in total. The van der Waals surface area contributed by atoms with Crippen LogP contribution in [0, 0.1) is 11.8 Å². The molecule has 0 radical (unpaired) electrons. The van der Waals surface area contributed by atoms with Crippen LogP contribution in [0.25, 0.3) is 0 Å². The van der Waals surface area contributed by atoms with Crippen molar-refractivity contribution < 1.29 is 9.53 Å². The van der Waals surface area contributed by atoms with E-state index in [2.05, 4.69) is 10.6 Å². The Labute approximate surface area is 139 Å². The lowest BCUT2D eigenvalue weighted by Crippen LogP contribution is -2.49. The monoisotopic (exact) mass is 326 g/mol. The van der Waals surface area contributed by atoms with Crippen molar-refractivity contribution in [3.05, 3.63) is 29.8 Å². The number of amides is 1. The molecule has 0 aliphatic carbocycles. The van der Waals surface area contributed by atoms with Crippen LogP contribution in [0.3, 0.4) is 0 Å². The van der Waals surface area contributed by atoms with Gasteiger partial charge < -0.3 is 15.4 Å². The first-order valence-electron chi connectivity index (χ1n) is 7.75. The maximum absolute atomic E-state index is 12.3. The van der Waals surface area contributed by atoms with Gasteiger partial charge in [0.2, 0.25) is 5.91 Å². The van der Waals surface area contributed by atoms with Gasteiger partial charge in [-0.3, -0.25) is 4.79 Å². The number of halogens is 1. The Morgan fingerprint density at radius 3 is 2.50 bits per heavy atom. The number of carbonyl (C=O) groups excluding carboxylic acids is 1. The molecule has 5 heteroatoms. The molecule has 2 rings (SSSR count). The SMILES string of the molecule is CC(C)Oc1cccc(C(C)NC(=O)C(C)C2CNC2)c1.Cl. The second-order valence-corrected chi connectivity index (χ2v) is 6.18. The van der Waals surface area contributed by atoms with Gasteiger partial charge in [-0.15, -0.1) is 12.4 Å². The first kappa shape index (κ1) is 18.8. The van der Waals surface area contributed by atoms with E-state index >= 15 is 0 Å². The van der Waals surface area contributed by atoms with E-state index in [1.165, 1.54) is 0 Å². The fourth-order valence-corrected chi connectivity index (χ4v) is 2.44. The topological polar surface area (TPSA) is 50.4 Å². The average Bonchev–Trinajstić information content (AvgIpc) is 2.36. The van der Waals surface area contributed by atoms with Crippen LogP contribution in [-0.2, 0) is 4.79 Å². The lowest BCUT2D eigenvalue weighted by Gasteiger charge is -2.32. The molecule has 0 bridgehead atoms. The van der Waals surface area contributed by atoms with Crippen LogP contribution in [0.1, 0.15) is 39.3 Å². The third-order valence-corrected chi connectivity index (χ3v) is 4.02. The van der Waals surface area contributed by atoms with Gasteiger partial charge in [0.1, 0.15) is 5.75 Å². The summed E-state index contributed by atoms with van der Waals surface area (Å²) in [6, 6.07) is 7.92. The Kier molecular flexibility index (Phi) is 7.17. The molecule has 1 amide bonds. The van der Waals surface area contributed by atoms with Crippen LogP contribution in [0.15, 0.2) is 24.3 Å². The van der Waals surface area contributed by atoms with Gasteiger partial charge in [0.15, 0.2) is 0 Å². The van der Waals surface area contributed by atoms with E-state index in [1.807, 2.05) is 52.0 Å². The van der Waals surface area contributed by atoms with E-state index in [-0.39, 0.29) is 36.4 Å². The molecule has 1 aliphatic rings. The number of ether oxygens (including phenoxy) is 1. The Hall–Kier alpha value is -1.26. The highest BCUT2D eigenvalue weighted by atomic mass is 35.5. The number of rotatable bonds is 6. The summed E-state index contributed by atoms with van der Waals surface area (Å²) in [7, 11) is 0. The van der Waals surface area contributed by atoms with Gasteiger partial charge in [-0.25, -0.2) is 0 Å². The first-order valence-corrected chi connectivity index (χ1v) is 7.75. The fourth-order valence-electron chi connectivity index (χ4n) is 2.44. The van der Waals surface area contributed by atoms with E-state index in [1.54, 1.807) is 0 Å². The highest BCUT2D eigenvalue weighted by Gasteiger charge is 2.29. The molecule has 2 unspecified atom stereocenters. The van der Waals surface area contributed by atoms with Crippen molar-refractivity contribution in [2.75, 3.05) is 13.1 Å². The second kappa shape index (κ2) is 8.39. The van der Waals surface area contributed by atoms with E-state index in [0.29, 0.717) is 5.92 Å². The van der Waals surface area contributed by atoms with Gasteiger partial charge in [0.25, 0.3) is 0 Å². The molecule has 22 heavy (non-hydrogen) atoms. The zero-order valence-electron chi connectivity index (χ0n) is 13.8. The van der Waals surface area contributed by atoms with Gasteiger partial charge in [-0.2, -0.15) is 0 Å². The normalized spacial score (nSPS) is 17.1. The Balaban J connectivity index is 0.00000242. The quantitative estimate of drug-likeness (QED) is 0.845. The summed E-state index contributed by atoms with van der Waals surface area (Å²) in [5.74, 6) is 1.50. The number of hydrogen-bond donors (Lipinski definition) is 2. The summed E-state index contributed by atoms with van der Waals surface area (Å²) in [6.07, 6.45) is 0.149. The minimum Gasteiger partial charge on any atom is -0.491 e. The van der Waals surface area contributed by atoms with Crippen molar-refractivity contribution in [1.82, 2.24) is 10.6 Å². The second-order valence-electron chi connectivity index (χ2n) is 6.18. The zero-order chi connectivity index (χ0) is 15.4. The molecule has 1 fully saturated rings. The van der Waals surface area contributed by atoms with E-state index in [0.717, 1.165) is 24.4 Å². The van der Waals surface area contributed by atoms with Gasteiger partial charge in [-0.05, 0) is 57.5 Å². The fraction of sp³-hybridized carbons (Fsp3) is 0.588. The predicted molar refractivity (Wildman–Crippen MR) is 91.5 cm³/mol. The number of carbonyl (C=O) groups is 1. The molecule has 2 atom stereocenters. The molecule has 0 spiro atoms. The summed E-state index contributed by atoms with van der Waals surface area (Å²) in [6.45, 7) is 9.92. The van der Waals surface area contributed by atoms with Crippen LogP contribution >= 0.6 is 12.4 Å². The molecule has 1 heterocycles. The van der Waals surface area contributed by atoms with Crippen LogP contribution < -0.4 is 15.4 Å². The van der Waals surface area contributed by atoms with Crippen molar-refractivity contribution in [3.8, 4) is 5.75 Å². The number of hydrogen-bond acceptors (Lipinski definition) is 3. The highest BCUT2D eigenvalue weighted by Crippen LogP contribution is 2.22. The lowest BCUT2D eigenvalue weighted by atomic mass is 9.88. The Morgan fingerprint density at radius 1 is 1.27 bits per heavy atom. The van der Waals surface area contributed by atoms with Crippen LogP contribution in [0.5, 0.6) is 5.75 Å². The van der Waals surface area contributed by atoms with Gasteiger partial charge in [-0.1, -0.05) is 19.1 Å². The van der Waals surface area contributed by atoms with E-state index in [4.69, 9.17) is 4.74 Å². The van der Waals surface area contributed by atoms with Gasteiger partial charge in [0, 0.05) is 5.92 Å². The highest BCUT2D eigenvalue weighted by molar-refractivity contribution is 5.85. The van der Waals surface area contributed by atoms with Gasteiger partial charge >= 0.3 is 0 Å². The molecular formula is C17H27ClN2O2. The number of nitrogens with one attached hydrogen (secondary N) is 2. The summed E-state index contributed by atoms with van der Waals surface area (Å²) in [5.41, 5.74) is 1.07. The number of benzene rings is 1. The first-order chi connectivity index (χ1) is 9.97. The van der Waals surface area contributed by atoms with Crippen LogP contribution in [-0.4, -0.2) is 25.1 Å². The minimum absolute atomic E-state index is 0. The largest absolute Gasteiger partial charge is 0.491 e. The van der Waals surface area contributed by atoms with Crippen molar-refractivity contribution in [2.45, 2.75) is 39.8 Å².